The van der Waals surface area contributed by atoms with Crippen LogP contribution in [0.15, 0.2) is 42.5 Å². The lowest BCUT2D eigenvalue weighted by Crippen LogP contribution is -2.56. The van der Waals surface area contributed by atoms with E-state index < -0.39 is 23.8 Å². The molecule has 10 heteroatoms. The molecule has 0 radical (unpaired) electrons. The Labute approximate surface area is 232 Å². The molecule has 2 aromatic carbocycles. The van der Waals surface area contributed by atoms with Crippen LogP contribution in [0.5, 0.6) is 0 Å². The van der Waals surface area contributed by atoms with Crippen molar-refractivity contribution in [1.29, 1.82) is 0 Å². The molecule has 212 valence electrons. The number of benzene rings is 2. The Hall–Kier alpha value is -2.78. The van der Waals surface area contributed by atoms with E-state index in [9.17, 15) is 22.8 Å². The van der Waals surface area contributed by atoms with E-state index in [4.69, 9.17) is 17.3 Å². The number of rotatable bonds is 8. The first-order valence-electron chi connectivity index (χ1n) is 13.5. The van der Waals surface area contributed by atoms with Gasteiger partial charge in [-0.15, -0.1) is 0 Å². The fraction of sp³-hybridized carbons (Fsp3) is 0.517. The van der Waals surface area contributed by atoms with Gasteiger partial charge >= 0.3 is 6.18 Å². The molecule has 0 aromatic heterocycles. The molecule has 2 N–H and O–H groups in total. The van der Waals surface area contributed by atoms with Gasteiger partial charge in [-0.1, -0.05) is 37.6 Å². The molecule has 6 nitrogen and oxygen atoms in total. The quantitative estimate of drug-likeness (QED) is 0.473. The number of carbonyl (C=O) groups is 2. The fourth-order valence-electron chi connectivity index (χ4n) is 5.50. The highest BCUT2D eigenvalue weighted by Gasteiger charge is 2.37. The van der Waals surface area contributed by atoms with Crippen molar-refractivity contribution in [2.24, 2.45) is 11.7 Å². The molecule has 2 fully saturated rings. The van der Waals surface area contributed by atoms with E-state index in [1.807, 2.05) is 30.9 Å². The summed E-state index contributed by atoms with van der Waals surface area (Å²) in [6.07, 6.45) is -2.34. The van der Waals surface area contributed by atoms with Crippen LogP contribution in [0.2, 0.25) is 5.02 Å². The maximum absolute atomic E-state index is 13.7. The van der Waals surface area contributed by atoms with Crippen molar-refractivity contribution in [2.45, 2.75) is 57.8 Å². The molecular formula is C29H36ClF3N4O2. The van der Waals surface area contributed by atoms with Crippen LogP contribution >= 0.6 is 11.6 Å². The molecule has 2 saturated heterocycles. The van der Waals surface area contributed by atoms with Gasteiger partial charge in [-0.05, 0) is 60.2 Å². The SMILES string of the molecule is CC(C)C[C@H](N)c1cc(C(F)(F)F)ccc1N1CCN(C(=O)[C@H](Cc2ccc(Cl)cc2)N2CCCC2=O)CC1. The van der Waals surface area contributed by atoms with Crippen LogP contribution in [0.4, 0.5) is 18.9 Å². The average Bonchev–Trinajstić information content (AvgIpc) is 3.32. The van der Waals surface area contributed by atoms with Crippen LogP contribution in [-0.4, -0.2) is 60.4 Å². The second-order valence-corrected chi connectivity index (χ2v) is 11.3. The van der Waals surface area contributed by atoms with E-state index in [1.165, 1.54) is 12.1 Å². The molecule has 0 spiro atoms. The first-order chi connectivity index (χ1) is 18.4. The largest absolute Gasteiger partial charge is 0.416 e. The first kappa shape index (κ1) is 29.2. The number of anilines is 1. The molecule has 0 saturated carbocycles. The Morgan fingerprint density at radius 2 is 1.69 bits per heavy atom. The van der Waals surface area contributed by atoms with E-state index in [2.05, 4.69) is 0 Å². The number of nitrogens with two attached hydrogens (primary N) is 1. The number of amides is 2. The van der Waals surface area contributed by atoms with E-state index in [1.54, 1.807) is 21.9 Å². The molecule has 2 amide bonds. The van der Waals surface area contributed by atoms with Crippen molar-refractivity contribution in [3.63, 3.8) is 0 Å². The minimum Gasteiger partial charge on any atom is -0.368 e. The van der Waals surface area contributed by atoms with Crippen molar-refractivity contribution in [1.82, 2.24) is 9.80 Å². The predicted molar refractivity (Wildman–Crippen MR) is 147 cm³/mol. The number of nitrogens with zero attached hydrogens (tertiary/aromatic N) is 3. The van der Waals surface area contributed by atoms with E-state index >= 15 is 0 Å². The maximum Gasteiger partial charge on any atom is 0.416 e. The van der Waals surface area contributed by atoms with E-state index in [0.29, 0.717) is 68.3 Å². The number of alkyl halides is 3. The van der Waals surface area contributed by atoms with Crippen LogP contribution in [0.25, 0.3) is 0 Å². The van der Waals surface area contributed by atoms with Gasteiger partial charge in [0.15, 0.2) is 0 Å². The smallest absolute Gasteiger partial charge is 0.368 e. The van der Waals surface area contributed by atoms with Gasteiger partial charge < -0.3 is 20.4 Å². The molecule has 39 heavy (non-hydrogen) atoms. The number of hydrogen-bond donors (Lipinski definition) is 1. The monoisotopic (exact) mass is 564 g/mol. The van der Waals surface area contributed by atoms with Crippen LogP contribution in [0.3, 0.4) is 0 Å². The second-order valence-electron chi connectivity index (χ2n) is 10.9. The summed E-state index contributed by atoms with van der Waals surface area (Å²) in [5.41, 5.74) is 7.75. The van der Waals surface area contributed by atoms with Crippen LogP contribution in [0, 0.1) is 5.92 Å². The summed E-state index contributed by atoms with van der Waals surface area (Å²) in [6.45, 7) is 6.24. The zero-order chi connectivity index (χ0) is 28.3. The third-order valence-corrected chi connectivity index (χ3v) is 7.78. The van der Waals surface area contributed by atoms with Gasteiger partial charge in [0.1, 0.15) is 6.04 Å². The highest BCUT2D eigenvalue weighted by molar-refractivity contribution is 6.30. The fourth-order valence-corrected chi connectivity index (χ4v) is 5.63. The van der Waals surface area contributed by atoms with Crippen LogP contribution < -0.4 is 10.6 Å². The van der Waals surface area contributed by atoms with Gasteiger partial charge in [-0.2, -0.15) is 13.2 Å². The van der Waals surface area contributed by atoms with Crippen molar-refractivity contribution >= 4 is 29.1 Å². The molecule has 4 rings (SSSR count). The molecule has 2 atom stereocenters. The molecule has 2 aromatic rings. The van der Waals surface area contributed by atoms with Crippen molar-refractivity contribution < 1.29 is 22.8 Å². The normalized spacial score (nSPS) is 18.2. The number of likely N-dealkylation sites (tertiary alicyclic amines) is 1. The summed E-state index contributed by atoms with van der Waals surface area (Å²) in [5.74, 6) is 0.0984. The molecular weight excluding hydrogens is 529 g/mol. The zero-order valence-corrected chi connectivity index (χ0v) is 23.1. The summed E-state index contributed by atoms with van der Waals surface area (Å²) >= 11 is 6.03. The van der Waals surface area contributed by atoms with Gasteiger partial charge in [-0.3, -0.25) is 9.59 Å². The third kappa shape index (κ3) is 7.06. The van der Waals surface area contributed by atoms with Gasteiger partial charge in [0, 0.05) is 62.3 Å². The Morgan fingerprint density at radius 1 is 1.03 bits per heavy atom. The molecule has 0 unspecified atom stereocenters. The second kappa shape index (κ2) is 12.2. The Kier molecular flexibility index (Phi) is 9.11. The Morgan fingerprint density at radius 3 is 2.26 bits per heavy atom. The number of halogens is 4. The number of piperazine rings is 1. The maximum atomic E-state index is 13.7. The molecule has 2 heterocycles. The average molecular weight is 565 g/mol. The Bertz CT molecular complexity index is 1160. The highest BCUT2D eigenvalue weighted by Crippen LogP contribution is 2.36. The van der Waals surface area contributed by atoms with Crippen molar-refractivity contribution in [2.75, 3.05) is 37.6 Å². The standard InChI is InChI=1S/C29H36ClF3N4O2/c1-19(2)16-24(34)23-18-21(29(31,32)33)7-10-25(23)35-12-14-36(15-13-35)28(39)26(37-11-3-4-27(37)38)17-20-5-8-22(30)9-6-20/h5-10,18-19,24,26H,3-4,11-17,34H2,1-2H3/t24-,26-/m0/s1. The van der Waals surface area contributed by atoms with E-state index in [0.717, 1.165) is 18.1 Å². The lowest BCUT2D eigenvalue weighted by Gasteiger charge is -2.40. The molecule has 2 aliphatic heterocycles. The van der Waals surface area contributed by atoms with E-state index in [-0.39, 0.29) is 17.7 Å². The lowest BCUT2D eigenvalue weighted by molar-refractivity contribution is -0.143. The lowest BCUT2D eigenvalue weighted by atomic mass is 9.94. The first-order valence-corrected chi connectivity index (χ1v) is 13.9. The van der Waals surface area contributed by atoms with Crippen molar-refractivity contribution in [3.8, 4) is 0 Å². The Balaban J connectivity index is 1.51. The summed E-state index contributed by atoms with van der Waals surface area (Å²) in [5, 5.41) is 0.603. The predicted octanol–water partition coefficient (Wildman–Crippen LogP) is 5.29. The minimum absolute atomic E-state index is 0.0190. The van der Waals surface area contributed by atoms with Gasteiger partial charge in [-0.25, -0.2) is 0 Å². The van der Waals surface area contributed by atoms with Crippen LogP contribution in [0.1, 0.15) is 55.8 Å². The number of hydrogen-bond acceptors (Lipinski definition) is 4. The zero-order valence-electron chi connectivity index (χ0n) is 22.4. The van der Waals surface area contributed by atoms with Crippen LogP contribution in [-0.2, 0) is 22.2 Å². The van der Waals surface area contributed by atoms with Gasteiger partial charge in [0.25, 0.3) is 0 Å². The van der Waals surface area contributed by atoms with Gasteiger partial charge in [0.2, 0.25) is 11.8 Å². The highest BCUT2D eigenvalue weighted by atomic mass is 35.5. The summed E-state index contributed by atoms with van der Waals surface area (Å²) in [4.78, 5) is 31.8. The molecule has 0 aliphatic carbocycles. The topological polar surface area (TPSA) is 69.9 Å². The summed E-state index contributed by atoms with van der Waals surface area (Å²) in [7, 11) is 0. The molecule has 2 aliphatic rings. The van der Waals surface area contributed by atoms with Crippen molar-refractivity contribution in [3.05, 3.63) is 64.2 Å². The minimum atomic E-state index is -4.46. The summed E-state index contributed by atoms with van der Waals surface area (Å²) < 4.78 is 40.4. The molecule has 0 bridgehead atoms. The number of carbonyl (C=O) groups excluding carboxylic acids is 2. The summed E-state index contributed by atoms with van der Waals surface area (Å²) in [6, 6.07) is 9.91. The third-order valence-electron chi connectivity index (χ3n) is 7.53. The van der Waals surface area contributed by atoms with Gasteiger partial charge in [0.05, 0.1) is 5.56 Å².